The van der Waals surface area contributed by atoms with E-state index in [1.807, 2.05) is 49.4 Å². The molecule has 0 unspecified atom stereocenters. The summed E-state index contributed by atoms with van der Waals surface area (Å²) in [6.07, 6.45) is 1.77. The first kappa shape index (κ1) is 15.2. The summed E-state index contributed by atoms with van der Waals surface area (Å²) in [6.45, 7) is 3.70. The number of pyridine rings is 1. The molecule has 0 amide bonds. The molecule has 5 heteroatoms. The van der Waals surface area contributed by atoms with Crippen LogP contribution in [0.3, 0.4) is 0 Å². The molecule has 0 fully saturated rings. The molecule has 0 atom stereocenters. The fourth-order valence-electron chi connectivity index (χ4n) is 2.25. The monoisotopic (exact) mass is 309 g/mol. The van der Waals surface area contributed by atoms with E-state index in [9.17, 15) is 0 Å². The number of rotatable bonds is 7. The fourth-order valence-corrected chi connectivity index (χ4v) is 2.25. The van der Waals surface area contributed by atoms with E-state index in [1.165, 1.54) is 0 Å². The number of ether oxygens (including phenoxy) is 1. The van der Waals surface area contributed by atoms with Crippen LogP contribution >= 0.6 is 0 Å². The third kappa shape index (κ3) is 4.40. The molecule has 0 saturated carbocycles. The van der Waals surface area contributed by atoms with E-state index in [1.54, 1.807) is 6.20 Å². The van der Waals surface area contributed by atoms with Gasteiger partial charge in [-0.1, -0.05) is 29.4 Å². The van der Waals surface area contributed by atoms with Crippen LogP contribution < -0.4 is 10.1 Å². The van der Waals surface area contributed by atoms with Gasteiger partial charge in [-0.15, -0.1) is 0 Å². The Kier molecular flexibility index (Phi) is 5.01. The van der Waals surface area contributed by atoms with Gasteiger partial charge in [-0.25, -0.2) is 0 Å². The Morgan fingerprint density at radius 1 is 1.04 bits per heavy atom. The number of nitrogens with one attached hydrogen (secondary N) is 1. The number of para-hydroxylation sites is 1. The van der Waals surface area contributed by atoms with Gasteiger partial charge in [-0.2, -0.15) is 0 Å². The molecule has 0 radical (unpaired) electrons. The summed E-state index contributed by atoms with van der Waals surface area (Å²) in [5.41, 5.74) is 2.91. The number of nitrogens with zero attached hydrogens (tertiary/aromatic N) is 2. The van der Waals surface area contributed by atoms with Gasteiger partial charge >= 0.3 is 0 Å². The second kappa shape index (κ2) is 7.56. The zero-order valence-corrected chi connectivity index (χ0v) is 13.0. The molecule has 2 heterocycles. The van der Waals surface area contributed by atoms with Gasteiger partial charge < -0.3 is 14.6 Å². The number of aryl methyl sites for hydroxylation is 1. The number of benzene rings is 1. The maximum atomic E-state index is 5.89. The van der Waals surface area contributed by atoms with Crippen molar-refractivity contribution in [1.82, 2.24) is 15.5 Å². The Hall–Kier alpha value is -2.66. The number of hydrogen-bond acceptors (Lipinski definition) is 5. The van der Waals surface area contributed by atoms with Gasteiger partial charge in [0.05, 0.1) is 11.4 Å². The Bertz CT molecular complexity index is 741. The van der Waals surface area contributed by atoms with E-state index < -0.39 is 0 Å². The summed E-state index contributed by atoms with van der Waals surface area (Å²) in [4.78, 5) is 4.27. The first-order valence-corrected chi connectivity index (χ1v) is 7.55. The lowest BCUT2D eigenvalue weighted by molar-refractivity contribution is 0.297. The van der Waals surface area contributed by atoms with E-state index in [0.29, 0.717) is 19.7 Å². The summed E-state index contributed by atoms with van der Waals surface area (Å²) < 4.78 is 11.0. The smallest absolute Gasteiger partial charge is 0.133 e. The van der Waals surface area contributed by atoms with E-state index in [4.69, 9.17) is 9.26 Å². The lowest BCUT2D eigenvalue weighted by atomic mass is 10.2. The predicted molar refractivity (Wildman–Crippen MR) is 86.8 cm³/mol. The molecule has 118 valence electrons. The standard InChI is InChI=1S/C18H19N3O2/c1-14-10-17(21-23-14)12-19-11-15-6-2-3-8-18(15)22-13-16-7-4-5-9-20-16/h2-10,19H,11-13H2,1H3. The largest absolute Gasteiger partial charge is 0.487 e. The highest BCUT2D eigenvalue weighted by Crippen LogP contribution is 2.19. The summed E-state index contributed by atoms with van der Waals surface area (Å²) in [5, 5.41) is 7.32. The van der Waals surface area contributed by atoms with Crippen molar-refractivity contribution in [3.05, 3.63) is 77.4 Å². The van der Waals surface area contributed by atoms with Crippen molar-refractivity contribution in [2.24, 2.45) is 0 Å². The molecule has 0 saturated heterocycles. The highest BCUT2D eigenvalue weighted by molar-refractivity contribution is 5.33. The average Bonchev–Trinajstić information content (AvgIpc) is 3.00. The molecule has 3 aromatic rings. The van der Waals surface area contributed by atoms with Crippen LogP contribution in [-0.4, -0.2) is 10.1 Å². The van der Waals surface area contributed by atoms with Crippen LogP contribution in [0.2, 0.25) is 0 Å². The summed E-state index contributed by atoms with van der Waals surface area (Å²) in [6, 6.07) is 15.7. The molecule has 2 aromatic heterocycles. The van der Waals surface area contributed by atoms with Gasteiger partial charge in [0, 0.05) is 30.9 Å². The van der Waals surface area contributed by atoms with E-state index in [0.717, 1.165) is 28.5 Å². The topological polar surface area (TPSA) is 60.2 Å². The SMILES string of the molecule is Cc1cc(CNCc2ccccc2OCc2ccccn2)no1. The summed E-state index contributed by atoms with van der Waals surface area (Å²) >= 11 is 0. The van der Waals surface area contributed by atoms with Crippen molar-refractivity contribution in [2.75, 3.05) is 0 Å². The zero-order chi connectivity index (χ0) is 15.9. The Labute approximate surface area is 135 Å². The normalized spacial score (nSPS) is 10.7. The van der Waals surface area contributed by atoms with Crippen LogP contribution in [0.25, 0.3) is 0 Å². The minimum Gasteiger partial charge on any atom is -0.487 e. The van der Waals surface area contributed by atoms with Crippen molar-refractivity contribution < 1.29 is 9.26 Å². The fraction of sp³-hybridized carbons (Fsp3) is 0.222. The van der Waals surface area contributed by atoms with Crippen molar-refractivity contribution in [2.45, 2.75) is 26.6 Å². The first-order chi connectivity index (χ1) is 11.3. The molecule has 0 aliphatic rings. The molecular formula is C18H19N3O2. The van der Waals surface area contributed by atoms with Gasteiger partial charge in [-0.05, 0) is 25.1 Å². The molecule has 0 aliphatic heterocycles. The van der Waals surface area contributed by atoms with E-state index in [-0.39, 0.29) is 0 Å². The molecule has 3 rings (SSSR count). The Morgan fingerprint density at radius 3 is 2.70 bits per heavy atom. The second-order valence-electron chi connectivity index (χ2n) is 5.25. The van der Waals surface area contributed by atoms with Crippen LogP contribution in [0.15, 0.2) is 59.3 Å². The molecule has 0 bridgehead atoms. The summed E-state index contributed by atoms with van der Waals surface area (Å²) in [7, 11) is 0. The van der Waals surface area contributed by atoms with Gasteiger partial charge in [0.2, 0.25) is 0 Å². The lowest BCUT2D eigenvalue weighted by Gasteiger charge is -2.11. The highest BCUT2D eigenvalue weighted by Gasteiger charge is 2.05. The molecular weight excluding hydrogens is 290 g/mol. The van der Waals surface area contributed by atoms with E-state index in [2.05, 4.69) is 21.5 Å². The van der Waals surface area contributed by atoms with Crippen LogP contribution in [0, 0.1) is 6.92 Å². The van der Waals surface area contributed by atoms with Crippen molar-refractivity contribution in [3.8, 4) is 5.75 Å². The maximum Gasteiger partial charge on any atom is 0.133 e. The molecule has 23 heavy (non-hydrogen) atoms. The third-order valence-electron chi connectivity index (χ3n) is 3.37. The molecule has 0 aliphatic carbocycles. The maximum absolute atomic E-state index is 5.89. The van der Waals surface area contributed by atoms with Gasteiger partial charge in [-0.3, -0.25) is 4.98 Å². The number of aromatic nitrogens is 2. The van der Waals surface area contributed by atoms with Crippen molar-refractivity contribution in [3.63, 3.8) is 0 Å². The van der Waals surface area contributed by atoms with Crippen molar-refractivity contribution in [1.29, 1.82) is 0 Å². The number of hydrogen-bond donors (Lipinski definition) is 1. The van der Waals surface area contributed by atoms with Crippen LogP contribution in [0.1, 0.15) is 22.7 Å². The zero-order valence-electron chi connectivity index (χ0n) is 13.0. The molecule has 1 N–H and O–H groups in total. The molecule has 5 nitrogen and oxygen atoms in total. The lowest BCUT2D eigenvalue weighted by Crippen LogP contribution is -2.14. The predicted octanol–water partition coefficient (Wildman–Crippen LogP) is 3.25. The molecule has 1 aromatic carbocycles. The van der Waals surface area contributed by atoms with Crippen LogP contribution in [0.4, 0.5) is 0 Å². The first-order valence-electron chi connectivity index (χ1n) is 7.55. The van der Waals surface area contributed by atoms with Gasteiger partial charge in [0.1, 0.15) is 18.1 Å². The Morgan fingerprint density at radius 2 is 1.91 bits per heavy atom. The minimum absolute atomic E-state index is 0.459. The minimum atomic E-state index is 0.459. The highest BCUT2D eigenvalue weighted by atomic mass is 16.5. The molecule has 0 spiro atoms. The average molecular weight is 309 g/mol. The van der Waals surface area contributed by atoms with Crippen LogP contribution in [-0.2, 0) is 19.7 Å². The summed E-state index contributed by atoms with van der Waals surface area (Å²) in [5.74, 6) is 1.68. The van der Waals surface area contributed by atoms with Crippen LogP contribution in [0.5, 0.6) is 5.75 Å². The quantitative estimate of drug-likeness (QED) is 0.726. The Balaban J connectivity index is 1.57. The van der Waals surface area contributed by atoms with Gasteiger partial charge in [0.15, 0.2) is 0 Å². The van der Waals surface area contributed by atoms with Gasteiger partial charge in [0.25, 0.3) is 0 Å². The van der Waals surface area contributed by atoms with E-state index >= 15 is 0 Å². The second-order valence-corrected chi connectivity index (χ2v) is 5.25. The third-order valence-corrected chi connectivity index (χ3v) is 3.37. The van der Waals surface area contributed by atoms with Crippen molar-refractivity contribution >= 4 is 0 Å².